The number of imidazole rings is 1. The van der Waals surface area contributed by atoms with Crippen LogP contribution >= 0.6 is 11.6 Å². The number of ether oxygens (including phenoxy) is 1. The van der Waals surface area contributed by atoms with Gasteiger partial charge >= 0.3 is 0 Å². The van der Waals surface area contributed by atoms with Crippen LogP contribution in [0.15, 0.2) is 48.8 Å². The summed E-state index contributed by atoms with van der Waals surface area (Å²) in [6, 6.07) is 11.1. The summed E-state index contributed by atoms with van der Waals surface area (Å²) in [6.07, 6.45) is 3.48. The summed E-state index contributed by atoms with van der Waals surface area (Å²) in [6.45, 7) is 4.29. The minimum absolute atomic E-state index is 0.222. The number of carbonyl (C=O) groups excluding carboxylic acids is 1. The van der Waals surface area contributed by atoms with Crippen LogP contribution in [0.1, 0.15) is 16.1 Å². The van der Waals surface area contributed by atoms with Gasteiger partial charge in [-0.25, -0.2) is 4.98 Å². The van der Waals surface area contributed by atoms with Gasteiger partial charge in [0.05, 0.1) is 19.4 Å². The van der Waals surface area contributed by atoms with E-state index in [1.165, 1.54) is 5.56 Å². The van der Waals surface area contributed by atoms with Gasteiger partial charge in [-0.1, -0.05) is 17.7 Å². The predicted molar refractivity (Wildman–Crippen MR) is 101 cm³/mol. The van der Waals surface area contributed by atoms with Crippen molar-refractivity contribution in [3.63, 3.8) is 0 Å². The standard InChI is InChI=1S/C19H19ClN4O2/c20-15-2-1-3-16(11-15)22-19(25)17-12-21-18-10-14(4-5-24(17)18)13-23-6-8-26-9-7-23/h1-5,10-12H,6-9,13H2,(H,22,25). The van der Waals surface area contributed by atoms with Gasteiger partial charge in [-0.15, -0.1) is 0 Å². The first-order valence-corrected chi connectivity index (χ1v) is 8.90. The van der Waals surface area contributed by atoms with Gasteiger partial charge in [-0.2, -0.15) is 0 Å². The van der Waals surface area contributed by atoms with Crippen LogP contribution < -0.4 is 5.32 Å². The Hall–Kier alpha value is -2.41. The largest absolute Gasteiger partial charge is 0.379 e. The van der Waals surface area contributed by atoms with Crippen molar-refractivity contribution in [3.8, 4) is 0 Å². The van der Waals surface area contributed by atoms with Gasteiger partial charge in [0, 0.05) is 36.5 Å². The van der Waals surface area contributed by atoms with E-state index in [0.29, 0.717) is 16.4 Å². The van der Waals surface area contributed by atoms with E-state index in [1.807, 2.05) is 18.3 Å². The number of benzene rings is 1. The fourth-order valence-electron chi connectivity index (χ4n) is 3.07. The van der Waals surface area contributed by atoms with Crippen molar-refractivity contribution in [2.24, 2.45) is 0 Å². The third kappa shape index (κ3) is 3.72. The summed E-state index contributed by atoms with van der Waals surface area (Å²) >= 11 is 5.97. The molecule has 0 saturated carbocycles. The van der Waals surface area contributed by atoms with Gasteiger partial charge < -0.3 is 10.1 Å². The summed E-state index contributed by atoms with van der Waals surface area (Å²) in [7, 11) is 0. The van der Waals surface area contributed by atoms with Crippen molar-refractivity contribution >= 4 is 28.8 Å². The van der Waals surface area contributed by atoms with Crippen molar-refractivity contribution in [1.29, 1.82) is 0 Å². The maximum atomic E-state index is 12.6. The molecule has 1 fully saturated rings. The van der Waals surface area contributed by atoms with Gasteiger partial charge in [-0.05, 0) is 35.9 Å². The summed E-state index contributed by atoms with van der Waals surface area (Å²) in [4.78, 5) is 19.3. The molecule has 134 valence electrons. The fraction of sp³-hybridized carbons (Fsp3) is 0.263. The van der Waals surface area contributed by atoms with Crippen molar-refractivity contribution in [1.82, 2.24) is 14.3 Å². The third-order valence-electron chi connectivity index (χ3n) is 4.40. The van der Waals surface area contributed by atoms with Gasteiger partial charge in [0.25, 0.3) is 5.91 Å². The quantitative estimate of drug-likeness (QED) is 0.766. The minimum Gasteiger partial charge on any atom is -0.379 e. The number of morpholine rings is 1. The average molecular weight is 371 g/mol. The number of aromatic nitrogens is 2. The number of rotatable bonds is 4. The van der Waals surface area contributed by atoms with Crippen LogP contribution in [-0.2, 0) is 11.3 Å². The summed E-state index contributed by atoms with van der Waals surface area (Å²) in [5.74, 6) is -0.222. The van der Waals surface area contributed by atoms with Gasteiger partial charge in [0.2, 0.25) is 0 Å². The number of nitrogens with zero attached hydrogens (tertiary/aromatic N) is 3. The number of hydrogen-bond donors (Lipinski definition) is 1. The lowest BCUT2D eigenvalue weighted by molar-refractivity contribution is 0.0342. The molecule has 1 aromatic carbocycles. The zero-order chi connectivity index (χ0) is 17.9. The summed E-state index contributed by atoms with van der Waals surface area (Å²) < 4.78 is 7.18. The van der Waals surface area contributed by atoms with Crippen molar-refractivity contribution in [3.05, 3.63) is 65.1 Å². The summed E-state index contributed by atoms with van der Waals surface area (Å²) in [5, 5.41) is 3.43. The van der Waals surface area contributed by atoms with Crippen LogP contribution in [0.2, 0.25) is 5.02 Å². The van der Waals surface area contributed by atoms with E-state index in [-0.39, 0.29) is 5.91 Å². The minimum atomic E-state index is -0.222. The zero-order valence-corrected chi connectivity index (χ0v) is 14.9. The lowest BCUT2D eigenvalue weighted by Gasteiger charge is -2.26. The monoisotopic (exact) mass is 370 g/mol. The SMILES string of the molecule is O=C(Nc1cccc(Cl)c1)c1cnc2cc(CN3CCOCC3)ccn12. The second-order valence-corrected chi connectivity index (χ2v) is 6.70. The Morgan fingerprint density at radius 2 is 2.08 bits per heavy atom. The Morgan fingerprint density at radius 3 is 2.88 bits per heavy atom. The van der Waals surface area contributed by atoms with Gasteiger partial charge in [0.1, 0.15) is 11.3 Å². The lowest BCUT2D eigenvalue weighted by Crippen LogP contribution is -2.35. The Labute approximate surface area is 156 Å². The molecule has 0 aliphatic carbocycles. The number of amides is 1. The molecule has 1 aliphatic heterocycles. The molecule has 1 aliphatic rings. The molecule has 0 unspecified atom stereocenters. The van der Waals surface area contributed by atoms with Gasteiger partial charge in [-0.3, -0.25) is 14.1 Å². The van der Waals surface area contributed by atoms with E-state index in [9.17, 15) is 4.79 Å². The maximum Gasteiger partial charge on any atom is 0.274 e. The molecule has 7 heteroatoms. The number of carbonyl (C=O) groups is 1. The van der Waals surface area contributed by atoms with Crippen LogP contribution in [-0.4, -0.2) is 46.5 Å². The molecule has 0 radical (unpaired) electrons. The highest BCUT2D eigenvalue weighted by atomic mass is 35.5. The zero-order valence-electron chi connectivity index (χ0n) is 14.2. The molecule has 26 heavy (non-hydrogen) atoms. The van der Waals surface area contributed by atoms with Crippen LogP contribution in [0, 0.1) is 0 Å². The molecule has 0 atom stereocenters. The Morgan fingerprint density at radius 1 is 1.23 bits per heavy atom. The molecule has 3 aromatic rings. The molecular formula is C19H19ClN4O2. The van der Waals surface area contributed by atoms with Crippen molar-refractivity contribution in [2.75, 3.05) is 31.6 Å². The van der Waals surface area contributed by atoms with E-state index >= 15 is 0 Å². The molecule has 1 N–H and O–H groups in total. The number of anilines is 1. The molecule has 2 aromatic heterocycles. The number of nitrogens with one attached hydrogen (secondary N) is 1. The predicted octanol–water partition coefficient (Wildman–Crippen LogP) is 3.07. The highest BCUT2D eigenvalue weighted by molar-refractivity contribution is 6.30. The van der Waals surface area contributed by atoms with Crippen molar-refractivity contribution in [2.45, 2.75) is 6.54 Å². The maximum absolute atomic E-state index is 12.6. The normalized spacial score (nSPS) is 15.3. The van der Waals surface area contributed by atoms with Gasteiger partial charge in [0.15, 0.2) is 0 Å². The topological polar surface area (TPSA) is 58.9 Å². The molecule has 1 amide bonds. The number of halogens is 1. The Kier molecular flexibility index (Phi) is 4.88. The van der Waals surface area contributed by atoms with E-state index in [0.717, 1.165) is 38.5 Å². The number of hydrogen-bond acceptors (Lipinski definition) is 4. The smallest absolute Gasteiger partial charge is 0.274 e. The van der Waals surface area contributed by atoms with E-state index in [4.69, 9.17) is 16.3 Å². The van der Waals surface area contributed by atoms with E-state index < -0.39 is 0 Å². The molecule has 4 rings (SSSR count). The second kappa shape index (κ2) is 7.45. The van der Waals surface area contributed by atoms with Crippen LogP contribution in [0.3, 0.4) is 0 Å². The molecule has 0 bridgehead atoms. The molecule has 6 nitrogen and oxygen atoms in total. The Bertz CT molecular complexity index is 934. The molecule has 3 heterocycles. The highest BCUT2D eigenvalue weighted by Crippen LogP contribution is 2.17. The fourth-order valence-corrected chi connectivity index (χ4v) is 3.26. The first kappa shape index (κ1) is 17.0. The Balaban J connectivity index is 1.52. The van der Waals surface area contributed by atoms with Crippen molar-refractivity contribution < 1.29 is 9.53 Å². The number of pyridine rings is 1. The first-order valence-electron chi connectivity index (χ1n) is 8.52. The number of fused-ring (bicyclic) bond motifs is 1. The van der Waals surface area contributed by atoms with Crippen LogP contribution in [0.4, 0.5) is 5.69 Å². The first-order chi connectivity index (χ1) is 12.7. The molecule has 0 spiro atoms. The van der Waals surface area contributed by atoms with Crippen LogP contribution in [0.25, 0.3) is 5.65 Å². The molecule has 1 saturated heterocycles. The highest BCUT2D eigenvalue weighted by Gasteiger charge is 2.14. The van der Waals surface area contributed by atoms with E-state index in [2.05, 4.69) is 15.2 Å². The molecular weight excluding hydrogens is 352 g/mol. The summed E-state index contributed by atoms with van der Waals surface area (Å²) in [5.41, 5.74) is 3.07. The average Bonchev–Trinajstić information content (AvgIpc) is 3.06. The van der Waals surface area contributed by atoms with Crippen LogP contribution in [0.5, 0.6) is 0 Å². The third-order valence-corrected chi connectivity index (χ3v) is 4.64. The van der Waals surface area contributed by atoms with E-state index in [1.54, 1.807) is 34.9 Å². The lowest BCUT2D eigenvalue weighted by atomic mass is 10.2. The second-order valence-electron chi connectivity index (χ2n) is 6.26.